The molecule has 1 aliphatic rings. The first-order valence-corrected chi connectivity index (χ1v) is 17.2. The Morgan fingerprint density at radius 2 is 1.27 bits per heavy atom. The molecule has 5 N–H and O–H groups in total. The first-order chi connectivity index (χ1) is 22.8. The molecular formula is C31H50N6O10S. The molecule has 0 spiro atoms. The van der Waals surface area contributed by atoms with Crippen LogP contribution in [0, 0.1) is 0 Å². The second-order valence-electron chi connectivity index (χ2n) is 11.1. The van der Waals surface area contributed by atoms with Crippen LogP contribution in [-0.2, 0) is 47.8 Å². The van der Waals surface area contributed by atoms with E-state index < -0.39 is 47.7 Å². The van der Waals surface area contributed by atoms with Gasteiger partial charge in [0.05, 0.1) is 32.3 Å². The molecule has 0 fully saturated rings. The number of nitrogens with zero attached hydrogens (tertiary/aromatic N) is 1. The molecule has 3 atom stereocenters. The van der Waals surface area contributed by atoms with Gasteiger partial charge < -0.3 is 40.9 Å². The van der Waals surface area contributed by atoms with Gasteiger partial charge in [-0.25, -0.2) is 0 Å². The van der Waals surface area contributed by atoms with Crippen molar-refractivity contribution in [1.29, 1.82) is 0 Å². The molecule has 0 radical (unpaired) electrons. The van der Waals surface area contributed by atoms with Crippen LogP contribution < -0.4 is 26.6 Å². The largest absolute Gasteiger partial charge is 0.379 e. The fourth-order valence-electron chi connectivity index (χ4n) is 3.99. The normalized spacial score (nSPS) is 14.2. The molecule has 1 aliphatic heterocycles. The Morgan fingerprint density at radius 1 is 0.688 bits per heavy atom. The van der Waals surface area contributed by atoms with Crippen LogP contribution in [0.25, 0.3) is 0 Å². The molecule has 48 heavy (non-hydrogen) atoms. The van der Waals surface area contributed by atoms with Crippen molar-refractivity contribution in [2.45, 2.75) is 84.3 Å². The van der Waals surface area contributed by atoms with Crippen molar-refractivity contribution in [2.24, 2.45) is 0 Å². The Bertz CT molecular complexity index is 1130. The number of rotatable bonds is 26. The Hall–Kier alpha value is -3.83. The number of carbonyl (C=O) groups excluding carboxylic acids is 8. The van der Waals surface area contributed by atoms with Gasteiger partial charge in [-0.05, 0) is 46.3 Å². The molecule has 0 unspecified atom stereocenters. The van der Waals surface area contributed by atoms with E-state index in [9.17, 15) is 38.4 Å². The number of ketones is 1. The Labute approximate surface area is 285 Å². The van der Waals surface area contributed by atoms with Gasteiger partial charge in [0.25, 0.3) is 11.8 Å². The molecular weight excluding hydrogens is 648 g/mol. The maximum absolute atomic E-state index is 12.5. The SMILES string of the molecule is CC(=O)CCCCCSCNC(=O)[C@H](C)NC(=O)[C@@H](C)NC(=O)[C@H](C)NC(=O)CCOCCOCCNC(=O)CCN1C(=O)C=CC1=O. The number of ether oxygens (including phenoxy) is 2. The van der Waals surface area contributed by atoms with Crippen LogP contribution in [0.2, 0.25) is 0 Å². The van der Waals surface area contributed by atoms with Gasteiger partial charge in [-0.1, -0.05) is 6.42 Å². The standard InChI is InChI=1S/C31H50N6O10S/c1-21(38)8-6-5-7-19-48-20-33-29(43)22(2)35-31(45)24(4)36-30(44)23(3)34-26(40)12-15-46-17-18-47-16-13-32-25(39)11-14-37-27(41)9-10-28(37)42/h9-10,22-24H,5-8,11-20H2,1-4H3,(H,32,39)(H,33,43)(H,34,40)(H,35,45)(H,36,44)/t22-,23-,24+/m0/s1. The minimum absolute atomic E-state index is 0.00644. The van der Waals surface area contributed by atoms with Crippen LogP contribution in [0.1, 0.15) is 66.2 Å². The van der Waals surface area contributed by atoms with Crippen molar-refractivity contribution in [3.63, 3.8) is 0 Å². The quantitative estimate of drug-likeness (QED) is 0.0433. The summed E-state index contributed by atoms with van der Waals surface area (Å²) >= 11 is 1.55. The van der Waals surface area contributed by atoms with Crippen LogP contribution in [0.15, 0.2) is 12.2 Å². The number of imide groups is 1. The molecule has 0 aliphatic carbocycles. The van der Waals surface area contributed by atoms with Gasteiger partial charge in [-0.15, -0.1) is 11.8 Å². The van der Waals surface area contributed by atoms with Crippen LogP contribution in [0.5, 0.6) is 0 Å². The first-order valence-electron chi connectivity index (χ1n) is 16.0. The summed E-state index contributed by atoms with van der Waals surface area (Å²) in [5, 5.41) is 13.0. The average molecular weight is 699 g/mol. The van der Waals surface area contributed by atoms with Crippen molar-refractivity contribution in [2.75, 3.05) is 51.1 Å². The van der Waals surface area contributed by atoms with Crippen LogP contribution in [-0.4, -0.2) is 121 Å². The second-order valence-corrected chi connectivity index (χ2v) is 12.2. The summed E-state index contributed by atoms with van der Waals surface area (Å²) in [4.78, 5) is 96.1. The van der Waals surface area contributed by atoms with Gasteiger partial charge in [0.1, 0.15) is 23.9 Å². The average Bonchev–Trinajstić information content (AvgIpc) is 3.35. The molecule has 270 valence electrons. The van der Waals surface area contributed by atoms with Crippen molar-refractivity contribution < 1.29 is 47.8 Å². The second kappa shape index (κ2) is 24.3. The lowest BCUT2D eigenvalue weighted by Gasteiger charge is -2.20. The summed E-state index contributed by atoms with van der Waals surface area (Å²) in [6.07, 6.45) is 5.65. The summed E-state index contributed by atoms with van der Waals surface area (Å²) < 4.78 is 10.7. The van der Waals surface area contributed by atoms with Gasteiger partial charge in [-0.2, -0.15) is 0 Å². The molecule has 16 nitrogen and oxygen atoms in total. The molecule has 0 saturated heterocycles. The molecule has 7 amide bonds. The number of thioether (sulfide) groups is 1. The zero-order valence-corrected chi connectivity index (χ0v) is 29.0. The molecule has 0 bridgehead atoms. The lowest BCUT2D eigenvalue weighted by atomic mass is 10.2. The minimum atomic E-state index is -0.947. The topological polar surface area (TPSA) is 218 Å². The summed E-state index contributed by atoms with van der Waals surface area (Å²) in [6, 6.07) is -2.68. The summed E-state index contributed by atoms with van der Waals surface area (Å²) in [7, 11) is 0. The molecule has 1 heterocycles. The number of carbonyl (C=O) groups is 8. The van der Waals surface area contributed by atoms with Crippen LogP contribution in [0.3, 0.4) is 0 Å². The zero-order chi connectivity index (χ0) is 35.9. The van der Waals surface area contributed by atoms with Crippen molar-refractivity contribution >= 4 is 58.9 Å². The van der Waals surface area contributed by atoms with E-state index in [1.165, 1.54) is 20.8 Å². The Balaban J connectivity index is 2.08. The van der Waals surface area contributed by atoms with E-state index in [4.69, 9.17) is 9.47 Å². The predicted octanol–water partition coefficient (Wildman–Crippen LogP) is -0.689. The minimum Gasteiger partial charge on any atom is -0.379 e. The van der Waals surface area contributed by atoms with E-state index >= 15 is 0 Å². The fraction of sp³-hybridized carbons (Fsp3) is 0.677. The highest BCUT2D eigenvalue weighted by Gasteiger charge is 2.24. The zero-order valence-electron chi connectivity index (χ0n) is 28.2. The summed E-state index contributed by atoms with van der Waals surface area (Å²) in [5.41, 5.74) is 0. The number of nitrogens with one attached hydrogen (secondary N) is 5. The predicted molar refractivity (Wildman–Crippen MR) is 177 cm³/mol. The molecule has 1 rings (SSSR count). The molecule has 0 aromatic carbocycles. The van der Waals surface area contributed by atoms with E-state index in [0.717, 1.165) is 42.1 Å². The highest BCUT2D eigenvalue weighted by atomic mass is 32.2. The number of hydrogen-bond acceptors (Lipinski definition) is 11. The maximum Gasteiger partial charge on any atom is 0.253 e. The Morgan fingerprint density at radius 3 is 1.90 bits per heavy atom. The van der Waals surface area contributed by atoms with Crippen molar-refractivity contribution in [3.8, 4) is 0 Å². The van der Waals surface area contributed by atoms with Crippen LogP contribution in [0.4, 0.5) is 0 Å². The molecule has 0 saturated carbocycles. The Kier molecular flexibility index (Phi) is 21.4. The monoisotopic (exact) mass is 698 g/mol. The number of amides is 7. The molecule has 17 heteroatoms. The fourth-order valence-corrected chi connectivity index (χ4v) is 4.79. The van der Waals surface area contributed by atoms with Crippen molar-refractivity contribution in [1.82, 2.24) is 31.5 Å². The first kappa shape index (κ1) is 42.2. The number of hydrogen-bond donors (Lipinski definition) is 5. The maximum atomic E-state index is 12.5. The third-order valence-electron chi connectivity index (χ3n) is 6.82. The van der Waals surface area contributed by atoms with Crippen molar-refractivity contribution in [3.05, 3.63) is 12.2 Å². The lowest BCUT2D eigenvalue weighted by molar-refractivity contribution is -0.137. The smallest absolute Gasteiger partial charge is 0.253 e. The summed E-state index contributed by atoms with van der Waals surface area (Å²) in [5.74, 6) is -1.67. The van der Waals surface area contributed by atoms with Gasteiger partial charge in [0.15, 0.2) is 0 Å². The van der Waals surface area contributed by atoms with Gasteiger partial charge in [-0.3, -0.25) is 38.5 Å². The highest BCUT2D eigenvalue weighted by molar-refractivity contribution is 7.99. The van der Waals surface area contributed by atoms with E-state index in [-0.39, 0.29) is 70.0 Å². The van der Waals surface area contributed by atoms with E-state index in [1.807, 2.05) is 0 Å². The van der Waals surface area contributed by atoms with Crippen LogP contribution >= 0.6 is 11.8 Å². The lowest BCUT2D eigenvalue weighted by Crippen LogP contribution is -2.54. The van der Waals surface area contributed by atoms with Gasteiger partial charge in [0.2, 0.25) is 29.5 Å². The molecule has 0 aromatic heterocycles. The van der Waals surface area contributed by atoms with E-state index in [1.54, 1.807) is 18.7 Å². The number of Topliss-reactive ketones (excluding diaryl/α,β-unsaturated/α-hetero) is 1. The third kappa shape index (κ3) is 19.1. The van der Waals surface area contributed by atoms with Gasteiger partial charge in [0, 0.05) is 44.5 Å². The van der Waals surface area contributed by atoms with E-state index in [0.29, 0.717) is 12.3 Å². The van der Waals surface area contributed by atoms with Gasteiger partial charge >= 0.3 is 0 Å². The highest BCUT2D eigenvalue weighted by Crippen LogP contribution is 2.07. The third-order valence-corrected chi connectivity index (χ3v) is 7.74. The number of unbranched alkanes of at least 4 members (excludes halogenated alkanes) is 2. The molecule has 0 aromatic rings. The summed E-state index contributed by atoms with van der Waals surface area (Å²) in [6.45, 7) is 7.04. The van der Waals surface area contributed by atoms with E-state index in [2.05, 4.69) is 26.6 Å².